The number of methoxy groups -OCH3 is 1. The van der Waals surface area contributed by atoms with E-state index in [0.717, 1.165) is 50.1 Å². The van der Waals surface area contributed by atoms with Crippen LogP contribution in [-0.2, 0) is 0 Å². The van der Waals surface area contributed by atoms with Crippen molar-refractivity contribution in [3.05, 3.63) is 84.9 Å². The smallest absolute Gasteiger partial charge is 0.118 e. The second-order valence-corrected chi connectivity index (χ2v) is 6.92. The Labute approximate surface area is 168 Å². The van der Waals surface area contributed by atoms with Crippen LogP contribution in [0.3, 0.4) is 0 Å². The van der Waals surface area contributed by atoms with Gasteiger partial charge in [0.2, 0.25) is 0 Å². The van der Waals surface area contributed by atoms with E-state index in [-0.39, 0.29) is 0 Å². The number of benzene rings is 3. The highest BCUT2D eigenvalue weighted by atomic mass is 16.5. The van der Waals surface area contributed by atoms with Crippen molar-refractivity contribution in [2.45, 2.75) is 0 Å². The molecule has 3 aromatic carbocycles. The van der Waals surface area contributed by atoms with Crippen molar-refractivity contribution in [3.8, 4) is 28.3 Å². The van der Waals surface area contributed by atoms with Crippen LogP contribution in [0.1, 0.15) is 0 Å². The first kappa shape index (κ1) is 17.2. The predicted molar refractivity (Wildman–Crippen MR) is 119 cm³/mol. The number of hydrogen-bond acceptors (Lipinski definition) is 4. The zero-order chi connectivity index (χ0) is 19.8. The Morgan fingerprint density at radius 1 is 0.759 bits per heavy atom. The van der Waals surface area contributed by atoms with Crippen LogP contribution in [0.2, 0.25) is 0 Å². The number of nitrogen functional groups attached to an aromatic ring is 1. The largest absolute Gasteiger partial charge is 0.497 e. The number of pyridine rings is 2. The lowest BCUT2D eigenvalue weighted by molar-refractivity contribution is 0.415. The molecule has 4 nitrogen and oxygen atoms in total. The molecule has 0 radical (unpaired) electrons. The van der Waals surface area contributed by atoms with E-state index < -0.39 is 0 Å². The SMILES string of the molecule is COc1ccc(-c2cc(-c3ccc4cccc(N)c4n3)c3ccccc3n2)cc1. The molecular weight excluding hydrogens is 358 g/mol. The zero-order valence-electron chi connectivity index (χ0n) is 16.0. The van der Waals surface area contributed by atoms with Gasteiger partial charge in [0.1, 0.15) is 5.75 Å². The lowest BCUT2D eigenvalue weighted by Gasteiger charge is -2.11. The molecule has 0 atom stereocenters. The lowest BCUT2D eigenvalue weighted by atomic mass is 10.0. The molecule has 5 rings (SSSR count). The Morgan fingerprint density at radius 2 is 1.59 bits per heavy atom. The molecule has 0 saturated carbocycles. The standard InChI is InChI=1S/C25H19N3O/c1-29-18-12-9-16(10-13-18)24-15-20(19-6-2-3-8-22(19)27-24)23-14-11-17-5-4-7-21(26)25(17)28-23/h2-15H,26H2,1H3. The van der Waals surface area contributed by atoms with Crippen molar-refractivity contribution in [2.24, 2.45) is 0 Å². The fourth-order valence-electron chi connectivity index (χ4n) is 3.62. The number of anilines is 1. The molecule has 0 saturated heterocycles. The van der Waals surface area contributed by atoms with Gasteiger partial charge in [-0.2, -0.15) is 0 Å². The van der Waals surface area contributed by atoms with E-state index in [1.807, 2.05) is 66.7 Å². The quantitative estimate of drug-likeness (QED) is 0.409. The van der Waals surface area contributed by atoms with Gasteiger partial charge >= 0.3 is 0 Å². The van der Waals surface area contributed by atoms with Crippen molar-refractivity contribution in [3.63, 3.8) is 0 Å². The van der Waals surface area contributed by atoms with Gasteiger partial charge in [-0.1, -0.05) is 36.4 Å². The molecule has 0 bridgehead atoms. The number of nitrogens with two attached hydrogens (primary N) is 1. The molecule has 2 N–H and O–H groups in total. The zero-order valence-corrected chi connectivity index (χ0v) is 16.0. The molecule has 0 aliphatic rings. The van der Waals surface area contributed by atoms with Crippen LogP contribution < -0.4 is 10.5 Å². The van der Waals surface area contributed by atoms with E-state index in [0.29, 0.717) is 5.69 Å². The van der Waals surface area contributed by atoms with E-state index in [2.05, 4.69) is 18.2 Å². The summed E-state index contributed by atoms with van der Waals surface area (Å²) < 4.78 is 5.28. The monoisotopic (exact) mass is 377 g/mol. The molecule has 140 valence electrons. The van der Waals surface area contributed by atoms with E-state index in [1.54, 1.807) is 7.11 Å². The molecule has 4 heteroatoms. The van der Waals surface area contributed by atoms with E-state index in [9.17, 15) is 0 Å². The van der Waals surface area contributed by atoms with Gasteiger partial charge in [0.05, 0.1) is 35.2 Å². The number of aromatic nitrogens is 2. The van der Waals surface area contributed by atoms with Crippen molar-refractivity contribution >= 4 is 27.5 Å². The van der Waals surface area contributed by atoms with Gasteiger partial charge in [0, 0.05) is 21.9 Å². The first-order valence-electron chi connectivity index (χ1n) is 9.43. The molecule has 0 aliphatic carbocycles. The molecular formula is C25H19N3O. The Kier molecular flexibility index (Phi) is 4.10. The van der Waals surface area contributed by atoms with Crippen LogP contribution in [-0.4, -0.2) is 17.1 Å². The second kappa shape index (κ2) is 6.91. The third kappa shape index (κ3) is 3.05. The highest BCUT2D eigenvalue weighted by molar-refractivity contribution is 5.98. The van der Waals surface area contributed by atoms with Crippen molar-refractivity contribution in [2.75, 3.05) is 12.8 Å². The van der Waals surface area contributed by atoms with Crippen LogP contribution in [0.4, 0.5) is 5.69 Å². The Bertz CT molecular complexity index is 1340. The summed E-state index contributed by atoms with van der Waals surface area (Å²) in [5.74, 6) is 0.821. The Morgan fingerprint density at radius 3 is 2.41 bits per heavy atom. The summed E-state index contributed by atoms with van der Waals surface area (Å²) in [4.78, 5) is 9.76. The van der Waals surface area contributed by atoms with Gasteiger partial charge in [-0.3, -0.25) is 0 Å². The van der Waals surface area contributed by atoms with Crippen LogP contribution in [0.25, 0.3) is 44.3 Å². The van der Waals surface area contributed by atoms with Gasteiger partial charge in [0.15, 0.2) is 0 Å². The third-order valence-electron chi connectivity index (χ3n) is 5.13. The van der Waals surface area contributed by atoms with E-state index in [1.165, 1.54) is 0 Å². The molecule has 2 aromatic heterocycles. The van der Waals surface area contributed by atoms with Crippen LogP contribution >= 0.6 is 0 Å². The molecule has 0 aliphatic heterocycles. The maximum absolute atomic E-state index is 6.18. The predicted octanol–water partition coefficient (Wildman–Crippen LogP) is 5.71. The molecule has 29 heavy (non-hydrogen) atoms. The average molecular weight is 377 g/mol. The summed E-state index contributed by atoms with van der Waals surface area (Å²) in [6.07, 6.45) is 0. The molecule has 0 amide bonds. The average Bonchev–Trinajstić information content (AvgIpc) is 2.78. The second-order valence-electron chi connectivity index (χ2n) is 6.92. The normalized spacial score (nSPS) is 11.1. The van der Waals surface area contributed by atoms with Gasteiger partial charge < -0.3 is 10.5 Å². The topological polar surface area (TPSA) is 61.0 Å². The molecule has 2 heterocycles. The highest BCUT2D eigenvalue weighted by Gasteiger charge is 2.12. The minimum Gasteiger partial charge on any atom is -0.497 e. The van der Waals surface area contributed by atoms with Crippen LogP contribution in [0.15, 0.2) is 84.9 Å². The van der Waals surface area contributed by atoms with E-state index >= 15 is 0 Å². The molecule has 0 unspecified atom stereocenters. The number of para-hydroxylation sites is 2. The maximum atomic E-state index is 6.18. The highest BCUT2D eigenvalue weighted by Crippen LogP contribution is 2.33. The van der Waals surface area contributed by atoms with Crippen molar-refractivity contribution in [1.82, 2.24) is 9.97 Å². The number of rotatable bonds is 3. The Hall–Kier alpha value is -3.92. The maximum Gasteiger partial charge on any atom is 0.118 e. The summed E-state index contributed by atoms with van der Waals surface area (Å²) in [5, 5.41) is 2.09. The van der Waals surface area contributed by atoms with Gasteiger partial charge in [-0.05, 0) is 48.5 Å². The van der Waals surface area contributed by atoms with Gasteiger partial charge in [-0.15, -0.1) is 0 Å². The van der Waals surface area contributed by atoms with Crippen LogP contribution in [0, 0.1) is 0 Å². The minimum absolute atomic E-state index is 0.679. The van der Waals surface area contributed by atoms with Gasteiger partial charge in [0.25, 0.3) is 0 Å². The summed E-state index contributed by atoms with van der Waals surface area (Å²) in [6.45, 7) is 0. The fourth-order valence-corrected chi connectivity index (χ4v) is 3.62. The summed E-state index contributed by atoms with van der Waals surface area (Å²) in [7, 11) is 1.67. The van der Waals surface area contributed by atoms with E-state index in [4.69, 9.17) is 20.4 Å². The number of fused-ring (bicyclic) bond motifs is 2. The number of ether oxygens (including phenoxy) is 1. The van der Waals surface area contributed by atoms with Crippen molar-refractivity contribution < 1.29 is 4.74 Å². The molecule has 0 spiro atoms. The fraction of sp³-hybridized carbons (Fsp3) is 0.0400. The third-order valence-corrected chi connectivity index (χ3v) is 5.13. The summed E-state index contributed by atoms with van der Waals surface area (Å²) >= 11 is 0. The molecule has 0 fully saturated rings. The number of hydrogen-bond donors (Lipinski definition) is 1. The van der Waals surface area contributed by atoms with Crippen LogP contribution in [0.5, 0.6) is 5.75 Å². The number of nitrogens with zero attached hydrogens (tertiary/aromatic N) is 2. The first-order valence-corrected chi connectivity index (χ1v) is 9.43. The van der Waals surface area contributed by atoms with Gasteiger partial charge in [-0.25, -0.2) is 9.97 Å². The van der Waals surface area contributed by atoms with Crippen molar-refractivity contribution in [1.29, 1.82) is 0 Å². The minimum atomic E-state index is 0.679. The first-order chi connectivity index (χ1) is 14.2. The lowest BCUT2D eigenvalue weighted by Crippen LogP contribution is -1.94. The summed E-state index contributed by atoms with van der Waals surface area (Å²) in [5.41, 5.74) is 12.4. The summed E-state index contributed by atoms with van der Waals surface area (Å²) in [6, 6.07) is 28.1. The Balaban J connectivity index is 1.75. The molecule has 5 aromatic rings.